The van der Waals surface area contributed by atoms with Crippen LogP contribution in [0.3, 0.4) is 0 Å². The molecular weight excluding hydrogens is 178 g/mol. The lowest BCUT2D eigenvalue weighted by atomic mass is 9.97. The monoisotopic (exact) mass is 191 g/mol. The molecule has 1 aliphatic heterocycles. The number of nitrogens with one attached hydrogen (secondary N) is 1. The highest BCUT2D eigenvalue weighted by Gasteiger charge is 2.41. The molecule has 0 aromatic rings. The second kappa shape index (κ2) is 4.01. The summed E-state index contributed by atoms with van der Waals surface area (Å²) in [4.78, 5) is 10.1. The Labute approximate surface area is 75.1 Å². The van der Waals surface area contributed by atoms with Crippen molar-refractivity contribution in [3.63, 3.8) is 0 Å². The van der Waals surface area contributed by atoms with E-state index >= 15 is 0 Å². The topological polar surface area (TPSA) is 99.0 Å². The number of carbonyl (C=O) groups excluding carboxylic acids is 1. The first-order chi connectivity index (χ1) is 6.07. The molecule has 0 aromatic heterocycles. The normalized spacial score (nSPS) is 45.7. The molecule has 6 nitrogen and oxygen atoms in total. The fourth-order valence-electron chi connectivity index (χ4n) is 1.36. The molecule has 0 bridgehead atoms. The molecule has 76 valence electrons. The van der Waals surface area contributed by atoms with Crippen LogP contribution >= 0.6 is 0 Å². The molecule has 1 fully saturated rings. The number of ether oxygens (including phenoxy) is 1. The average molecular weight is 191 g/mol. The van der Waals surface area contributed by atoms with Gasteiger partial charge in [-0.2, -0.15) is 0 Å². The summed E-state index contributed by atoms with van der Waals surface area (Å²) < 4.78 is 4.86. The van der Waals surface area contributed by atoms with Crippen molar-refractivity contribution in [1.82, 2.24) is 5.32 Å². The van der Waals surface area contributed by atoms with Crippen LogP contribution in [-0.2, 0) is 9.53 Å². The van der Waals surface area contributed by atoms with Crippen molar-refractivity contribution in [2.45, 2.75) is 37.6 Å². The zero-order chi connectivity index (χ0) is 10.0. The Morgan fingerprint density at radius 1 is 1.31 bits per heavy atom. The number of aliphatic hydroxyl groups excluding tert-OH is 3. The predicted octanol–water partition coefficient (Wildman–Crippen LogP) is -2.44. The van der Waals surface area contributed by atoms with Crippen LogP contribution in [0.2, 0.25) is 0 Å². The van der Waals surface area contributed by atoms with Gasteiger partial charge in [-0.1, -0.05) is 0 Å². The van der Waals surface area contributed by atoms with E-state index in [4.69, 9.17) is 9.84 Å². The van der Waals surface area contributed by atoms with Crippen LogP contribution in [0.25, 0.3) is 0 Å². The Balaban J connectivity index is 2.66. The number of amides is 1. The van der Waals surface area contributed by atoms with Gasteiger partial charge in [0.1, 0.15) is 12.2 Å². The smallest absolute Gasteiger partial charge is 0.207 e. The third-order valence-corrected chi connectivity index (χ3v) is 2.13. The summed E-state index contributed by atoms with van der Waals surface area (Å²) in [6, 6.07) is -0.698. The molecule has 4 N–H and O–H groups in total. The van der Waals surface area contributed by atoms with Gasteiger partial charge in [0, 0.05) is 0 Å². The third-order valence-electron chi connectivity index (χ3n) is 2.13. The first kappa shape index (κ1) is 10.4. The van der Waals surface area contributed by atoms with E-state index in [0.717, 1.165) is 0 Å². The Hall–Kier alpha value is -0.690. The number of aliphatic hydroxyl groups is 3. The van der Waals surface area contributed by atoms with Crippen molar-refractivity contribution in [1.29, 1.82) is 0 Å². The average Bonchev–Trinajstić information content (AvgIpc) is 2.09. The number of rotatable bonds is 2. The lowest BCUT2D eigenvalue weighted by Crippen LogP contribution is -2.61. The second-order valence-electron chi connectivity index (χ2n) is 3.02. The molecule has 0 saturated carbocycles. The Bertz CT molecular complexity index is 188. The molecule has 0 aromatic carbocycles. The van der Waals surface area contributed by atoms with E-state index in [1.165, 1.54) is 0 Å². The van der Waals surface area contributed by atoms with E-state index in [9.17, 15) is 15.0 Å². The maximum atomic E-state index is 10.1. The number of hydrogen-bond donors (Lipinski definition) is 4. The van der Waals surface area contributed by atoms with Gasteiger partial charge in [-0.3, -0.25) is 4.79 Å². The lowest BCUT2D eigenvalue weighted by Gasteiger charge is -2.39. The molecule has 13 heavy (non-hydrogen) atoms. The molecule has 5 unspecified atom stereocenters. The summed E-state index contributed by atoms with van der Waals surface area (Å²) >= 11 is 0. The van der Waals surface area contributed by atoms with E-state index in [1.807, 2.05) is 0 Å². The highest BCUT2D eigenvalue weighted by Crippen LogP contribution is 2.18. The van der Waals surface area contributed by atoms with Gasteiger partial charge in [-0.25, -0.2) is 0 Å². The molecule has 0 aliphatic carbocycles. The SMILES string of the molecule is CC1OC(O)C(O)C(O)C1NC=O. The molecule has 1 amide bonds. The van der Waals surface area contributed by atoms with Gasteiger partial charge in [0.05, 0.1) is 12.1 Å². The molecule has 1 aliphatic rings. The lowest BCUT2D eigenvalue weighted by molar-refractivity contribution is -0.252. The van der Waals surface area contributed by atoms with E-state index < -0.39 is 30.6 Å². The number of carbonyl (C=O) groups is 1. The maximum Gasteiger partial charge on any atom is 0.207 e. The molecule has 1 rings (SSSR count). The van der Waals surface area contributed by atoms with Gasteiger partial charge in [0.2, 0.25) is 6.41 Å². The standard InChI is InChI=1S/C7H13NO5/c1-3-4(8-2-9)5(10)6(11)7(12)13-3/h2-7,10-12H,1H3,(H,8,9). The third kappa shape index (κ3) is 1.97. The summed E-state index contributed by atoms with van der Waals surface area (Å²) in [5.41, 5.74) is 0. The van der Waals surface area contributed by atoms with Crippen LogP contribution < -0.4 is 5.32 Å². The molecule has 0 spiro atoms. The molecule has 0 radical (unpaired) electrons. The van der Waals surface area contributed by atoms with Crippen LogP contribution in [0, 0.1) is 0 Å². The van der Waals surface area contributed by atoms with Crippen molar-refractivity contribution in [2.24, 2.45) is 0 Å². The summed E-state index contributed by atoms with van der Waals surface area (Å²) in [5.74, 6) is 0. The summed E-state index contributed by atoms with van der Waals surface area (Å²) in [5, 5.41) is 29.9. The Morgan fingerprint density at radius 2 is 1.92 bits per heavy atom. The van der Waals surface area contributed by atoms with Crippen molar-refractivity contribution in [3.05, 3.63) is 0 Å². The zero-order valence-corrected chi connectivity index (χ0v) is 7.12. The molecule has 5 atom stereocenters. The number of hydrogen-bond acceptors (Lipinski definition) is 5. The summed E-state index contributed by atoms with van der Waals surface area (Å²) in [6.07, 6.45) is -4.15. The van der Waals surface area contributed by atoms with E-state index in [2.05, 4.69) is 5.32 Å². The Morgan fingerprint density at radius 3 is 2.46 bits per heavy atom. The second-order valence-corrected chi connectivity index (χ2v) is 3.02. The molecular formula is C7H13NO5. The first-order valence-electron chi connectivity index (χ1n) is 3.97. The zero-order valence-electron chi connectivity index (χ0n) is 7.12. The van der Waals surface area contributed by atoms with Gasteiger partial charge >= 0.3 is 0 Å². The van der Waals surface area contributed by atoms with Crippen molar-refractivity contribution >= 4 is 6.41 Å². The minimum absolute atomic E-state index is 0.415. The van der Waals surface area contributed by atoms with Crippen LogP contribution in [0.4, 0.5) is 0 Å². The van der Waals surface area contributed by atoms with Gasteiger partial charge < -0.3 is 25.4 Å². The quantitative estimate of drug-likeness (QED) is 0.363. The van der Waals surface area contributed by atoms with Crippen LogP contribution in [0.5, 0.6) is 0 Å². The van der Waals surface area contributed by atoms with Gasteiger partial charge in [0.25, 0.3) is 0 Å². The fraction of sp³-hybridized carbons (Fsp3) is 0.857. The summed E-state index contributed by atoms with van der Waals surface area (Å²) in [6.45, 7) is 1.58. The van der Waals surface area contributed by atoms with Gasteiger partial charge in [0.15, 0.2) is 6.29 Å². The van der Waals surface area contributed by atoms with Crippen molar-refractivity contribution < 1.29 is 24.9 Å². The highest BCUT2D eigenvalue weighted by atomic mass is 16.6. The maximum absolute atomic E-state index is 10.1. The predicted molar refractivity (Wildman–Crippen MR) is 41.6 cm³/mol. The van der Waals surface area contributed by atoms with Crippen LogP contribution in [0.1, 0.15) is 6.92 Å². The van der Waals surface area contributed by atoms with E-state index in [-0.39, 0.29) is 0 Å². The molecule has 6 heteroatoms. The summed E-state index contributed by atoms with van der Waals surface area (Å²) in [7, 11) is 0. The van der Waals surface area contributed by atoms with E-state index in [1.54, 1.807) is 6.92 Å². The Kier molecular flexibility index (Phi) is 3.21. The first-order valence-corrected chi connectivity index (χ1v) is 3.97. The van der Waals surface area contributed by atoms with E-state index in [0.29, 0.717) is 6.41 Å². The highest BCUT2D eigenvalue weighted by molar-refractivity contribution is 5.47. The largest absolute Gasteiger partial charge is 0.388 e. The van der Waals surface area contributed by atoms with Crippen molar-refractivity contribution in [3.8, 4) is 0 Å². The van der Waals surface area contributed by atoms with Crippen LogP contribution in [-0.4, -0.2) is 52.4 Å². The van der Waals surface area contributed by atoms with Gasteiger partial charge in [-0.15, -0.1) is 0 Å². The minimum Gasteiger partial charge on any atom is -0.388 e. The van der Waals surface area contributed by atoms with Crippen molar-refractivity contribution in [2.75, 3.05) is 0 Å². The molecule has 1 saturated heterocycles. The van der Waals surface area contributed by atoms with Crippen LogP contribution in [0.15, 0.2) is 0 Å². The minimum atomic E-state index is -1.41. The molecule has 1 heterocycles. The fourth-order valence-corrected chi connectivity index (χ4v) is 1.36. The van der Waals surface area contributed by atoms with Gasteiger partial charge in [-0.05, 0) is 6.92 Å².